The smallest absolute Gasteiger partial charge is 0.269 e. The molecule has 3 aromatic rings. The van der Waals surface area contributed by atoms with E-state index in [-0.39, 0.29) is 0 Å². The van der Waals surface area contributed by atoms with Crippen molar-refractivity contribution in [3.05, 3.63) is 88.8 Å². The number of halogens is 1. The number of hydrogen-bond donors (Lipinski definition) is 3. The Morgan fingerprint density at radius 1 is 0.935 bits per heavy atom. The SMILES string of the molecule is CC(NC(=O)c1ccoc1)C(=O)NNC(=O)c1ccc(CSc2ccc(Cl)cc2)cc1. The molecule has 2 aromatic carbocycles. The zero-order valence-electron chi connectivity index (χ0n) is 16.6. The van der Waals surface area contributed by atoms with Crippen molar-refractivity contribution >= 4 is 41.1 Å². The van der Waals surface area contributed by atoms with E-state index in [2.05, 4.69) is 16.2 Å². The molecule has 1 atom stereocenters. The Morgan fingerprint density at radius 2 is 1.65 bits per heavy atom. The van der Waals surface area contributed by atoms with Gasteiger partial charge in [0.2, 0.25) is 0 Å². The van der Waals surface area contributed by atoms with Crippen molar-refractivity contribution in [3.8, 4) is 0 Å². The zero-order chi connectivity index (χ0) is 22.2. The summed E-state index contributed by atoms with van der Waals surface area (Å²) < 4.78 is 4.83. The highest BCUT2D eigenvalue weighted by atomic mass is 35.5. The van der Waals surface area contributed by atoms with E-state index in [1.165, 1.54) is 25.5 Å². The van der Waals surface area contributed by atoms with Crippen LogP contribution in [-0.4, -0.2) is 23.8 Å². The molecular formula is C22H20ClN3O4S. The van der Waals surface area contributed by atoms with Gasteiger partial charge in [0.25, 0.3) is 17.7 Å². The molecule has 31 heavy (non-hydrogen) atoms. The molecule has 7 nitrogen and oxygen atoms in total. The van der Waals surface area contributed by atoms with Crippen LogP contribution < -0.4 is 16.2 Å². The quantitative estimate of drug-likeness (QED) is 0.370. The van der Waals surface area contributed by atoms with E-state index in [1.54, 1.807) is 23.9 Å². The van der Waals surface area contributed by atoms with Crippen LogP contribution >= 0.6 is 23.4 Å². The molecule has 1 aromatic heterocycles. The molecule has 0 aliphatic heterocycles. The molecule has 0 radical (unpaired) electrons. The third kappa shape index (κ3) is 6.63. The van der Waals surface area contributed by atoms with Gasteiger partial charge >= 0.3 is 0 Å². The fourth-order valence-corrected chi connectivity index (χ4v) is 3.47. The number of nitrogens with one attached hydrogen (secondary N) is 3. The second-order valence-electron chi connectivity index (χ2n) is 6.59. The van der Waals surface area contributed by atoms with E-state index in [4.69, 9.17) is 16.0 Å². The number of carbonyl (C=O) groups is 3. The third-order valence-corrected chi connectivity index (χ3v) is 5.59. The fraction of sp³-hybridized carbons (Fsp3) is 0.136. The van der Waals surface area contributed by atoms with Gasteiger partial charge in [-0.1, -0.05) is 23.7 Å². The van der Waals surface area contributed by atoms with Crippen molar-refractivity contribution in [1.82, 2.24) is 16.2 Å². The van der Waals surface area contributed by atoms with Crippen LogP contribution in [0.4, 0.5) is 0 Å². The Bertz CT molecular complexity index is 1040. The molecule has 0 saturated carbocycles. The van der Waals surface area contributed by atoms with Crippen molar-refractivity contribution in [1.29, 1.82) is 0 Å². The lowest BCUT2D eigenvalue weighted by molar-refractivity contribution is -0.123. The van der Waals surface area contributed by atoms with Crippen LogP contribution in [0.3, 0.4) is 0 Å². The molecule has 0 aliphatic rings. The summed E-state index contributed by atoms with van der Waals surface area (Å²) in [5, 5.41) is 3.21. The van der Waals surface area contributed by atoms with Crippen LogP contribution in [0.15, 0.2) is 76.4 Å². The third-order valence-electron chi connectivity index (χ3n) is 4.26. The average Bonchev–Trinajstić information content (AvgIpc) is 3.32. The number of amides is 3. The van der Waals surface area contributed by atoms with Crippen molar-refractivity contribution in [2.45, 2.75) is 23.6 Å². The summed E-state index contributed by atoms with van der Waals surface area (Å²) in [6.45, 7) is 1.51. The summed E-state index contributed by atoms with van der Waals surface area (Å²) in [5.74, 6) is -0.719. The van der Waals surface area contributed by atoms with Crippen LogP contribution in [-0.2, 0) is 10.5 Å². The van der Waals surface area contributed by atoms with Gasteiger partial charge in [0.05, 0.1) is 11.8 Å². The maximum Gasteiger partial charge on any atom is 0.269 e. The van der Waals surface area contributed by atoms with Gasteiger partial charge in [-0.3, -0.25) is 25.2 Å². The standard InChI is InChI=1S/C22H20ClN3O4S/c1-14(24-21(28)17-10-11-30-12-17)20(27)25-26-22(29)16-4-2-15(3-5-16)13-31-19-8-6-18(23)7-9-19/h2-12,14H,13H2,1H3,(H,24,28)(H,25,27)(H,26,29). The average molecular weight is 458 g/mol. The summed E-state index contributed by atoms with van der Waals surface area (Å²) in [4.78, 5) is 37.4. The van der Waals surface area contributed by atoms with Gasteiger partial charge in [-0.15, -0.1) is 11.8 Å². The van der Waals surface area contributed by atoms with Crippen LogP contribution in [0.25, 0.3) is 0 Å². The molecular weight excluding hydrogens is 438 g/mol. The maximum absolute atomic E-state index is 12.3. The second kappa shape index (κ2) is 10.7. The number of benzene rings is 2. The van der Waals surface area contributed by atoms with E-state index >= 15 is 0 Å². The molecule has 9 heteroatoms. The zero-order valence-corrected chi connectivity index (χ0v) is 18.1. The lowest BCUT2D eigenvalue weighted by atomic mass is 10.1. The van der Waals surface area contributed by atoms with Crippen molar-refractivity contribution in [3.63, 3.8) is 0 Å². The molecule has 0 saturated heterocycles. The van der Waals surface area contributed by atoms with Gasteiger partial charge in [-0.25, -0.2) is 0 Å². The summed E-state index contributed by atoms with van der Waals surface area (Å²) in [7, 11) is 0. The van der Waals surface area contributed by atoms with Gasteiger partial charge < -0.3 is 9.73 Å². The molecule has 1 unspecified atom stereocenters. The highest BCUT2D eigenvalue weighted by Gasteiger charge is 2.18. The Labute approximate surface area is 188 Å². The lowest BCUT2D eigenvalue weighted by Crippen LogP contribution is -2.51. The predicted octanol–water partition coefficient (Wildman–Crippen LogP) is 3.80. The van der Waals surface area contributed by atoms with Gasteiger partial charge in [0.15, 0.2) is 0 Å². The van der Waals surface area contributed by atoms with E-state index in [0.717, 1.165) is 16.2 Å². The Morgan fingerprint density at radius 3 is 2.29 bits per heavy atom. The largest absolute Gasteiger partial charge is 0.472 e. The highest BCUT2D eigenvalue weighted by Crippen LogP contribution is 2.24. The first-order valence-corrected chi connectivity index (χ1v) is 10.7. The predicted molar refractivity (Wildman–Crippen MR) is 119 cm³/mol. The molecule has 160 valence electrons. The first-order chi connectivity index (χ1) is 14.9. The van der Waals surface area contributed by atoms with Gasteiger partial charge in [-0.2, -0.15) is 0 Å². The fourth-order valence-electron chi connectivity index (χ4n) is 2.49. The number of rotatable bonds is 7. The number of furan rings is 1. The molecule has 3 N–H and O–H groups in total. The molecule has 3 rings (SSSR count). The molecule has 0 spiro atoms. The highest BCUT2D eigenvalue weighted by molar-refractivity contribution is 7.98. The van der Waals surface area contributed by atoms with Crippen LogP contribution in [0.5, 0.6) is 0 Å². The minimum absolute atomic E-state index is 0.304. The number of carbonyl (C=O) groups excluding carboxylic acids is 3. The van der Waals surface area contributed by atoms with E-state index in [1.807, 2.05) is 36.4 Å². The molecule has 3 amide bonds. The Hall–Kier alpha value is -3.23. The summed E-state index contributed by atoms with van der Waals surface area (Å²) >= 11 is 7.55. The van der Waals surface area contributed by atoms with Crippen LogP contribution in [0.2, 0.25) is 5.02 Å². The normalized spacial score (nSPS) is 11.4. The molecule has 0 fully saturated rings. The Balaban J connectivity index is 1.44. The van der Waals surface area contributed by atoms with Gasteiger partial charge in [-0.05, 0) is 55.0 Å². The van der Waals surface area contributed by atoms with E-state index in [0.29, 0.717) is 16.1 Å². The Kier molecular flexibility index (Phi) is 7.75. The van der Waals surface area contributed by atoms with Crippen LogP contribution in [0, 0.1) is 0 Å². The molecule has 1 heterocycles. The topological polar surface area (TPSA) is 100 Å². The lowest BCUT2D eigenvalue weighted by Gasteiger charge is -2.14. The first-order valence-electron chi connectivity index (χ1n) is 9.33. The van der Waals surface area contributed by atoms with Gasteiger partial charge in [0, 0.05) is 21.2 Å². The van der Waals surface area contributed by atoms with Gasteiger partial charge in [0.1, 0.15) is 12.3 Å². The molecule has 0 bridgehead atoms. The number of hydrogen-bond acceptors (Lipinski definition) is 5. The number of hydrazine groups is 1. The maximum atomic E-state index is 12.3. The van der Waals surface area contributed by atoms with Crippen LogP contribution in [0.1, 0.15) is 33.2 Å². The summed E-state index contributed by atoms with van der Waals surface area (Å²) in [6.07, 6.45) is 2.64. The van der Waals surface area contributed by atoms with E-state index in [9.17, 15) is 14.4 Å². The minimum Gasteiger partial charge on any atom is -0.472 e. The summed E-state index contributed by atoms with van der Waals surface area (Å²) in [5.41, 5.74) is 6.40. The van der Waals surface area contributed by atoms with Crippen molar-refractivity contribution in [2.24, 2.45) is 0 Å². The number of thioether (sulfide) groups is 1. The van der Waals surface area contributed by atoms with E-state index < -0.39 is 23.8 Å². The van der Waals surface area contributed by atoms with Crippen molar-refractivity contribution < 1.29 is 18.8 Å². The van der Waals surface area contributed by atoms with Crippen molar-refractivity contribution in [2.75, 3.05) is 0 Å². The molecule has 0 aliphatic carbocycles. The first kappa shape index (κ1) is 22.5. The minimum atomic E-state index is -0.852. The summed E-state index contributed by atoms with van der Waals surface area (Å²) in [6, 6.07) is 15.3. The second-order valence-corrected chi connectivity index (χ2v) is 8.08. The monoisotopic (exact) mass is 457 g/mol.